The quantitative estimate of drug-likeness (QED) is 0.517. The first-order chi connectivity index (χ1) is 12.7. The minimum Gasteiger partial charge on any atom is -0.295 e. The second kappa shape index (κ2) is 6.53. The van der Waals surface area contributed by atoms with Crippen LogP contribution in [0.5, 0.6) is 0 Å². The standard InChI is InChI=1S/C22H20N4/c1-4-21-24-20-12-8-9-17(13-14-18-15-23-25(3)16(18)2)22(20)26(21)19-10-6-5-7-11-19/h5-12,15H,4H2,1-3H3. The molecule has 0 N–H and O–H groups in total. The van der Waals surface area contributed by atoms with Gasteiger partial charge < -0.3 is 0 Å². The fourth-order valence-electron chi connectivity index (χ4n) is 3.12. The number of fused-ring (bicyclic) bond motifs is 1. The molecule has 0 atom stereocenters. The van der Waals surface area contributed by atoms with E-state index in [4.69, 9.17) is 4.98 Å². The number of para-hydroxylation sites is 2. The van der Waals surface area contributed by atoms with E-state index >= 15 is 0 Å². The van der Waals surface area contributed by atoms with Gasteiger partial charge in [0, 0.05) is 19.2 Å². The lowest BCUT2D eigenvalue weighted by Crippen LogP contribution is -2.00. The highest BCUT2D eigenvalue weighted by molar-refractivity contribution is 5.85. The Bertz CT molecular complexity index is 1140. The van der Waals surface area contributed by atoms with Gasteiger partial charge in [-0.25, -0.2) is 4.98 Å². The van der Waals surface area contributed by atoms with Crippen molar-refractivity contribution in [1.82, 2.24) is 19.3 Å². The van der Waals surface area contributed by atoms with Crippen LogP contribution in [0.4, 0.5) is 0 Å². The molecule has 0 fully saturated rings. The van der Waals surface area contributed by atoms with Crippen molar-refractivity contribution in [3.8, 4) is 17.5 Å². The molecular weight excluding hydrogens is 320 g/mol. The first-order valence-corrected chi connectivity index (χ1v) is 8.75. The molecule has 0 amide bonds. The number of benzene rings is 2. The van der Waals surface area contributed by atoms with Gasteiger partial charge in [0.05, 0.1) is 34.1 Å². The molecule has 0 saturated heterocycles. The first kappa shape index (κ1) is 16.2. The zero-order chi connectivity index (χ0) is 18.1. The second-order valence-electron chi connectivity index (χ2n) is 6.24. The Morgan fingerprint density at radius 2 is 1.73 bits per heavy atom. The summed E-state index contributed by atoms with van der Waals surface area (Å²) in [6.07, 6.45) is 2.67. The Morgan fingerprint density at radius 3 is 2.42 bits per heavy atom. The summed E-state index contributed by atoms with van der Waals surface area (Å²) in [4.78, 5) is 4.82. The molecule has 0 radical (unpaired) electrons. The van der Waals surface area contributed by atoms with E-state index in [9.17, 15) is 0 Å². The molecule has 2 aromatic heterocycles. The molecule has 0 aliphatic carbocycles. The predicted molar refractivity (Wildman–Crippen MR) is 104 cm³/mol. The number of hydrogen-bond donors (Lipinski definition) is 0. The van der Waals surface area contributed by atoms with E-state index in [0.29, 0.717) is 0 Å². The van der Waals surface area contributed by atoms with Crippen molar-refractivity contribution in [1.29, 1.82) is 0 Å². The maximum Gasteiger partial charge on any atom is 0.114 e. The molecule has 4 nitrogen and oxygen atoms in total. The van der Waals surface area contributed by atoms with E-state index in [1.807, 2.05) is 49.1 Å². The van der Waals surface area contributed by atoms with E-state index in [1.54, 1.807) is 0 Å². The minimum absolute atomic E-state index is 0.859. The van der Waals surface area contributed by atoms with Gasteiger partial charge in [-0.1, -0.05) is 43.0 Å². The molecule has 26 heavy (non-hydrogen) atoms. The van der Waals surface area contributed by atoms with Gasteiger partial charge in [-0.3, -0.25) is 9.25 Å². The fourth-order valence-corrected chi connectivity index (χ4v) is 3.12. The zero-order valence-corrected chi connectivity index (χ0v) is 15.2. The van der Waals surface area contributed by atoms with Gasteiger partial charge in [0.25, 0.3) is 0 Å². The highest BCUT2D eigenvalue weighted by atomic mass is 15.3. The van der Waals surface area contributed by atoms with Crippen molar-refractivity contribution in [3.05, 3.63) is 77.4 Å². The Morgan fingerprint density at radius 1 is 0.962 bits per heavy atom. The van der Waals surface area contributed by atoms with Gasteiger partial charge in [-0.15, -0.1) is 0 Å². The first-order valence-electron chi connectivity index (χ1n) is 8.75. The van der Waals surface area contributed by atoms with Crippen molar-refractivity contribution < 1.29 is 0 Å². The number of nitrogens with zero attached hydrogens (tertiary/aromatic N) is 4. The Hall–Kier alpha value is -3.32. The molecule has 4 aromatic rings. The monoisotopic (exact) mass is 340 g/mol. The number of hydrogen-bond acceptors (Lipinski definition) is 2. The maximum absolute atomic E-state index is 4.82. The Balaban J connectivity index is 1.94. The van der Waals surface area contributed by atoms with Crippen molar-refractivity contribution in [2.45, 2.75) is 20.3 Å². The van der Waals surface area contributed by atoms with Crippen LogP contribution in [-0.2, 0) is 13.5 Å². The molecule has 0 unspecified atom stereocenters. The molecule has 2 heterocycles. The molecule has 0 spiro atoms. The summed E-state index contributed by atoms with van der Waals surface area (Å²) in [5, 5.41) is 4.27. The molecule has 4 heteroatoms. The van der Waals surface area contributed by atoms with E-state index in [0.717, 1.165) is 45.8 Å². The second-order valence-corrected chi connectivity index (χ2v) is 6.24. The van der Waals surface area contributed by atoms with Crippen LogP contribution in [0.25, 0.3) is 16.7 Å². The third kappa shape index (κ3) is 2.68. The molecular formula is C22H20N4. The maximum atomic E-state index is 4.82. The van der Waals surface area contributed by atoms with Crippen LogP contribution in [-0.4, -0.2) is 19.3 Å². The summed E-state index contributed by atoms with van der Waals surface area (Å²) in [5.41, 5.74) is 6.13. The van der Waals surface area contributed by atoms with Crippen molar-refractivity contribution in [2.24, 2.45) is 7.05 Å². The van der Waals surface area contributed by atoms with Crippen LogP contribution in [0.3, 0.4) is 0 Å². The molecule has 0 bridgehead atoms. The van der Waals surface area contributed by atoms with Gasteiger partial charge in [0.15, 0.2) is 0 Å². The van der Waals surface area contributed by atoms with Crippen molar-refractivity contribution in [2.75, 3.05) is 0 Å². The molecule has 2 aromatic carbocycles. The Kier molecular flexibility index (Phi) is 4.06. The van der Waals surface area contributed by atoms with Crippen molar-refractivity contribution >= 4 is 11.0 Å². The highest BCUT2D eigenvalue weighted by Gasteiger charge is 2.13. The van der Waals surface area contributed by atoms with E-state index in [2.05, 4.69) is 52.7 Å². The zero-order valence-electron chi connectivity index (χ0n) is 15.2. The number of aryl methyl sites for hydroxylation is 2. The van der Waals surface area contributed by atoms with E-state index < -0.39 is 0 Å². The minimum atomic E-state index is 0.859. The van der Waals surface area contributed by atoms with Crippen LogP contribution >= 0.6 is 0 Å². The van der Waals surface area contributed by atoms with Crippen molar-refractivity contribution in [3.63, 3.8) is 0 Å². The molecule has 128 valence electrons. The van der Waals surface area contributed by atoms with E-state index in [-0.39, 0.29) is 0 Å². The number of imidazole rings is 1. The molecule has 4 rings (SSSR count). The van der Waals surface area contributed by atoms with Crippen LogP contribution in [0.15, 0.2) is 54.7 Å². The van der Waals surface area contributed by atoms with Gasteiger partial charge in [-0.2, -0.15) is 5.10 Å². The van der Waals surface area contributed by atoms with Gasteiger partial charge in [0.1, 0.15) is 5.82 Å². The fraction of sp³-hybridized carbons (Fsp3) is 0.182. The topological polar surface area (TPSA) is 35.6 Å². The summed E-state index contributed by atoms with van der Waals surface area (Å²) >= 11 is 0. The number of aromatic nitrogens is 4. The molecule has 0 aliphatic heterocycles. The third-order valence-corrected chi connectivity index (χ3v) is 4.64. The van der Waals surface area contributed by atoms with Gasteiger partial charge in [-0.05, 0) is 31.2 Å². The van der Waals surface area contributed by atoms with Crippen LogP contribution < -0.4 is 0 Å². The lowest BCUT2D eigenvalue weighted by Gasteiger charge is -2.09. The average molecular weight is 340 g/mol. The lowest BCUT2D eigenvalue weighted by molar-refractivity contribution is 0.740. The van der Waals surface area contributed by atoms with Gasteiger partial charge in [0.2, 0.25) is 0 Å². The molecule has 0 saturated carbocycles. The largest absolute Gasteiger partial charge is 0.295 e. The summed E-state index contributed by atoms with van der Waals surface area (Å²) in [6.45, 7) is 4.16. The summed E-state index contributed by atoms with van der Waals surface area (Å²) in [7, 11) is 1.93. The van der Waals surface area contributed by atoms with Crippen LogP contribution in [0.1, 0.15) is 29.6 Å². The summed E-state index contributed by atoms with van der Waals surface area (Å²) in [5.74, 6) is 7.66. The summed E-state index contributed by atoms with van der Waals surface area (Å²) < 4.78 is 4.06. The molecule has 0 aliphatic rings. The van der Waals surface area contributed by atoms with Gasteiger partial charge >= 0.3 is 0 Å². The van der Waals surface area contributed by atoms with Crippen LogP contribution in [0, 0.1) is 18.8 Å². The average Bonchev–Trinajstić information content (AvgIpc) is 3.21. The van der Waals surface area contributed by atoms with E-state index in [1.165, 1.54) is 0 Å². The Labute approximate surface area is 153 Å². The highest BCUT2D eigenvalue weighted by Crippen LogP contribution is 2.25. The van der Waals surface area contributed by atoms with Crippen LogP contribution in [0.2, 0.25) is 0 Å². The third-order valence-electron chi connectivity index (χ3n) is 4.64. The summed E-state index contributed by atoms with van der Waals surface area (Å²) in [6, 6.07) is 16.5. The predicted octanol–water partition coefficient (Wildman–Crippen LogP) is 4.03. The lowest BCUT2D eigenvalue weighted by atomic mass is 10.1. The smallest absolute Gasteiger partial charge is 0.114 e. The number of rotatable bonds is 2. The normalized spacial score (nSPS) is 10.7. The SMILES string of the molecule is CCc1nc2cccc(C#Cc3cnn(C)c3C)c2n1-c1ccccc1.